The summed E-state index contributed by atoms with van der Waals surface area (Å²) in [6.07, 6.45) is -4.50. The van der Waals surface area contributed by atoms with Gasteiger partial charge in [-0.3, -0.25) is 4.79 Å². The maximum absolute atomic E-state index is 12.8. The normalized spacial score (nSPS) is 13.6. The van der Waals surface area contributed by atoms with E-state index in [4.69, 9.17) is 11.6 Å². The minimum absolute atomic E-state index is 0.0366. The number of carbonyl (C=O) groups excluding carboxylic acids is 1. The van der Waals surface area contributed by atoms with Crippen molar-refractivity contribution in [3.63, 3.8) is 0 Å². The molecule has 1 rings (SSSR count). The monoisotopic (exact) mass is 362 g/mol. The Hall–Kier alpha value is -0.300. The summed E-state index contributed by atoms with van der Waals surface area (Å²) in [5.74, 6) is -0.505. The average molecular weight is 363 g/mol. The van der Waals surface area contributed by atoms with Crippen LogP contribution in [-0.4, -0.2) is 5.78 Å². The number of hydrogen-bond acceptors (Lipinski definition) is 1. The standard InChI is InChI=1S/C10H7ClF3IO/c1-5(16)9(11)6-3-2-4-7(15)8(6)10(12,13)14/h2-4,9H,1H3. The van der Waals surface area contributed by atoms with Crippen LogP contribution in [-0.2, 0) is 11.0 Å². The van der Waals surface area contributed by atoms with E-state index in [9.17, 15) is 18.0 Å². The van der Waals surface area contributed by atoms with Gasteiger partial charge in [0.15, 0.2) is 5.78 Å². The van der Waals surface area contributed by atoms with Crippen molar-refractivity contribution < 1.29 is 18.0 Å². The molecule has 0 aliphatic rings. The Labute approximate surface area is 109 Å². The maximum atomic E-state index is 12.8. The Morgan fingerprint density at radius 1 is 1.44 bits per heavy atom. The van der Waals surface area contributed by atoms with E-state index in [1.54, 1.807) is 22.6 Å². The Kier molecular flexibility index (Phi) is 4.23. The Morgan fingerprint density at radius 3 is 2.44 bits per heavy atom. The molecule has 0 N–H and O–H groups in total. The molecule has 1 aromatic carbocycles. The summed E-state index contributed by atoms with van der Waals surface area (Å²) in [6, 6.07) is 4.01. The van der Waals surface area contributed by atoms with Crippen LogP contribution in [0.3, 0.4) is 0 Å². The predicted molar refractivity (Wildman–Crippen MR) is 63.4 cm³/mol. The van der Waals surface area contributed by atoms with E-state index in [0.29, 0.717) is 0 Å². The van der Waals surface area contributed by atoms with Crippen LogP contribution >= 0.6 is 34.2 Å². The van der Waals surface area contributed by atoms with Crippen LogP contribution in [0.5, 0.6) is 0 Å². The van der Waals surface area contributed by atoms with Gasteiger partial charge in [-0.1, -0.05) is 12.1 Å². The lowest BCUT2D eigenvalue weighted by Gasteiger charge is -2.16. The van der Waals surface area contributed by atoms with Gasteiger partial charge in [0.25, 0.3) is 0 Å². The first-order valence-electron chi connectivity index (χ1n) is 4.25. The molecule has 0 bridgehead atoms. The van der Waals surface area contributed by atoms with Gasteiger partial charge in [0, 0.05) is 3.57 Å². The highest BCUT2D eigenvalue weighted by atomic mass is 127. The summed E-state index contributed by atoms with van der Waals surface area (Å²) in [7, 11) is 0. The molecule has 0 saturated carbocycles. The van der Waals surface area contributed by atoms with Crippen molar-refractivity contribution in [1.29, 1.82) is 0 Å². The van der Waals surface area contributed by atoms with Gasteiger partial charge in [-0.25, -0.2) is 0 Å². The SMILES string of the molecule is CC(=O)C(Cl)c1cccc(I)c1C(F)(F)F. The minimum Gasteiger partial charge on any atom is -0.298 e. The fourth-order valence-corrected chi connectivity index (χ4v) is 2.28. The molecule has 0 amide bonds. The summed E-state index contributed by atoms with van der Waals surface area (Å²) < 4.78 is 38.3. The number of rotatable bonds is 2. The van der Waals surface area contributed by atoms with Crippen LogP contribution in [0.25, 0.3) is 0 Å². The molecule has 88 valence electrons. The number of Topliss-reactive ketones (excluding diaryl/α,β-unsaturated/α-hetero) is 1. The number of hydrogen-bond donors (Lipinski definition) is 0. The van der Waals surface area contributed by atoms with Crippen molar-refractivity contribution in [2.45, 2.75) is 18.5 Å². The molecule has 0 aliphatic heterocycles. The molecule has 1 aromatic rings. The molecule has 0 aliphatic carbocycles. The first-order chi connectivity index (χ1) is 7.25. The highest BCUT2D eigenvalue weighted by Gasteiger charge is 2.37. The van der Waals surface area contributed by atoms with Gasteiger partial charge < -0.3 is 0 Å². The molecule has 1 atom stereocenters. The number of alkyl halides is 4. The zero-order valence-corrected chi connectivity index (χ0v) is 11.0. The largest absolute Gasteiger partial charge is 0.417 e. The summed E-state index contributed by atoms with van der Waals surface area (Å²) in [5.41, 5.74) is -1.01. The molecule has 0 aromatic heterocycles. The molecule has 0 radical (unpaired) electrons. The van der Waals surface area contributed by atoms with Gasteiger partial charge in [-0.05, 0) is 41.1 Å². The van der Waals surface area contributed by atoms with E-state index in [0.717, 1.165) is 6.92 Å². The molecule has 0 heterocycles. The van der Waals surface area contributed by atoms with Gasteiger partial charge in [0.2, 0.25) is 0 Å². The van der Waals surface area contributed by atoms with E-state index in [2.05, 4.69) is 0 Å². The highest BCUT2D eigenvalue weighted by Crippen LogP contribution is 2.39. The number of halogens is 5. The fourth-order valence-electron chi connectivity index (χ4n) is 1.27. The van der Waals surface area contributed by atoms with Gasteiger partial charge in [-0.15, -0.1) is 11.6 Å². The average Bonchev–Trinajstić information content (AvgIpc) is 2.14. The van der Waals surface area contributed by atoms with E-state index < -0.39 is 22.9 Å². The molecule has 1 unspecified atom stereocenters. The summed E-state index contributed by atoms with van der Waals surface area (Å²) in [6.45, 7) is 1.16. The quantitative estimate of drug-likeness (QED) is 0.570. The molecule has 6 heteroatoms. The summed E-state index contributed by atoms with van der Waals surface area (Å²) in [4.78, 5) is 11.0. The van der Waals surface area contributed by atoms with Crippen LogP contribution in [0.15, 0.2) is 18.2 Å². The van der Waals surface area contributed by atoms with Crippen molar-refractivity contribution in [2.75, 3.05) is 0 Å². The summed E-state index contributed by atoms with van der Waals surface area (Å²) in [5, 5.41) is -1.26. The minimum atomic E-state index is -4.50. The van der Waals surface area contributed by atoms with Gasteiger partial charge in [0.05, 0.1) is 5.56 Å². The lowest BCUT2D eigenvalue weighted by atomic mass is 10.0. The third kappa shape index (κ3) is 2.88. The molecule has 16 heavy (non-hydrogen) atoms. The molecular weight excluding hydrogens is 355 g/mol. The van der Waals surface area contributed by atoms with Crippen molar-refractivity contribution in [1.82, 2.24) is 0 Å². The van der Waals surface area contributed by atoms with Crippen molar-refractivity contribution in [3.05, 3.63) is 32.9 Å². The molecular formula is C10H7ClF3IO. The maximum Gasteiger partial charge on any atom is 0.417 e. The van der Waals surface area contributed by atoms with Gasteiger partial charge >= 0.3 is 6.18 Å². The van der Waals surface area contributed by atoms with Crippen LogP contribution in [0.4, 0.5) is 13.2 Å². The van der Waals surface area contributed by atoms with Crippen molar-refractivity contribution in [3.8, 4) is 0 Å². The van der Waals surface area contributed by atoms with Crippen molar-refractivity contribution >= 4 is 40.0 Å². The molecule has 0 spiro atoms. The van der Waals surface area contributed by atoms with Gasteiger partial charge in [0.1, 0.15) is 5.38 Å². The molecule has 0 saturated heterocycles. The second-order valence-electron chi connectivity index (χ2n) is 3.18. The zero-order chi connectivity index (χ0) is 12.5. The van der Waals surface area contributed by atoms with E-state index in [1.807, 2.05) is 0 Å². The van der Waals surface area contributed by atoms with Gasteiger partial charge in [-0.2, -0.15) is 13.2 Å². The third-order valence-electron chi connectivity index (χ3n) is 1.96. The Balaban J connectivity index is 3.40. The van der Waals surface area contributed by atoms with Crippen LogP contribution in [0.1, 0.15) is 23.4 Å². The zero-order valence-electron chi connectivity index (χ0n) is 8.11. The fraction of sp³-hybridized carbons (Fsp3) is 0.300. The van der Waals surface area contributed by atoms with Crippen molar-refractivity contribution in [2.24, 2.45) is 0 Å². The van der Waals surface area contributed by atoms with E-state index in [-0.39, 0.29) is 9.13 Å². The lowest BCUT2D eigenvalue weighted by molar-refractivity contribution is -0.139. The Morgan fingerprint density at radius 2 is 2.00 bits per heavy atom. The number of benzene rings is 1. The first kappa shape index (κ1) is 13.8. The second kappa shape index (κ2) is 4.91. The second-order valence-corrected chi connectivity index (χ2v) is 4.77. The lowest BCUT2D eigenvalue weighted by Crippen LogP contribution is -2.15. The van der Waals surface area contributed by atoms with Crippen LogP contribution in [0.2, 0.25) is 0 Å². The number of ketones is 1. The van der Waals surface area contributed by atoms with Crippen LogP contribution in [0, 0.1) is 3.57 Å². The predicted octanol–water partition coefficient (Wildman–Crippen LogP) is 4.18. The smallest absolute Gasteiger partial charge is 0.298 e. The Bertz CT molecular complexity index is 417. The van der Waals surface area contributed by atoms with E-state index >= 15 is 0 Å². The van der Waals surface area contributed by atoms with Crippen LogP contribution < -0.4 is 0 Å². The first-order valence-corrected chi connectivity index (χ1v) is 5.76. The highest BCUT2D eigenvalue weighted by molar-refractivity contribution is 14.1. The third-order valence-corrected chi connectivity index (χ3v) is 3.40. The summed E-state index contributed by atoms with van der Waals surface area (Å²) >= 11 is 7.25. The topological polar surface area (TPSA) is 17.1 Å². The molecule has 1 nitrogen and oxygen atoms in total. The molecule has 0 fully saturated rings. The number of carbonyl (C=O) groups is 1. The van der Waals surface area contributed by atoms with E-state index in [1.165, 1.54) is 18.2 Å².